The summed E-state index contributed by atoms with van der Waals surface area (Å²) in [5, 5.41) is 4.66. The minimum absolute atomic E-state index is 0.229. The monoisotopic (exact) mass is 433 g/mol. The van der Waals surface area contributed by atoms with Gasteiger partial charge >= 0.3 is 5.69 Å². The zero-order valence-electron chi connectivity index (χ0n) is 17.5. The van der Waals surface area contributed by atoms with Crippen LogP contribution in [0.15, 0.2) is 70.4 Å². The Morgan fingerprint density at radius 2 is 1.66 bits per heavy atom. The number of halogens is 1. The first-order valence-corrected chi connectivity index (χ1v) is 10.2. The third kappa shape index (κ3) is 3.11. The Labute approximate surface area is 181 Å². The minimum atomic E-state index is -1.10. The van der Waals surface area contributed by atoms with Crippen LogP contribution in [0.1, 0.15) is 36.9 Å². The van der Waals surface area contributed by atoms with Crippen molar-refractivity contribution in [1.29, 1.82) is 0 Å². The number of nitrogens with one attached hydrogen (secondary N) is 1. The molecule has 162 valence electrons. The third-order valence-corrected chi connectivity index (χ3v) is 5.86. The topological polar surface area (TPSA) is 84.4 Å². The molecule has 4 aromatic rings. The van der Waals surface area contributed by atoms with Crippen molar-refractivity contribution in [3.8, 4) is 0 Å². The van der Waals surface area contributed by atoms with Gasteiger partial charge in [0.2, 0.25) is 5.82 Å². The van der Waals surface area contributed by atoms with Crippen LogP contribution in [0.3, 0.4) is 0 Å². The van der Waals surface area contributed by atoms with Gasteiger partial charge in [0.25, 0.3) is 11.5 Å². The van der Waals surface area contributed by atoms with Crippen molar-refractivity contribution in [2.75, 3.05) is 0 Å². The van der Waals surface area contributed by atoms with Crippen molar-refractivity contribution in [2.45, 2.75) is 32.0 Å². The second-order valence-electron chi connectivity index (χ2n) is 8.51. The SMILES string of the molecule is CC1(C)CC(n2cc(F)c(=O)[nH]c2=O)ON1C(=O)c1c2ccccc2cc2ccccc12. The number of carbonyl (C=O) groups excluding carboxylic acids is 1. The molecule has 7 nitrogen and oxygen atoms in total. The third-order valence-electron chi connectivity index (χ3n) is 5.86. The van der Waals surface area contributed by atoms with Gasteiger partial charge < -0.3 is 0 Å². The van der Waals surface area contributed by atoms with Gasteiger partial charge in [0.05, 0.1) is 17.3 Å². The molecule has 0 aliphatic carbocycles. The van der Waals surface area contributed by atoms with Crippen LogP contribution in [0.25, 0.3) is 21.5 Å². The highest BCUT2D eigenvalue weighted by Crippen LogP contribution is 2.39. The number of hydrogen-bond donors (Lipinski definition) is 1. The zero-order chi connectivity index (χ0) is 22.6. The average Bonchev–Trinajstić information content (AvgIpc) is 3.09. The first-order valence-electron chi connectivity index (χ1n) is 10.2. The molecule has 1 aliphatic heterocycles. The van der Waals surface area contributed by atoms with Crippen LogP contribution >= 0.6 is 0 Å². The Morgan fingerprint density at radius 3 is 2.28 bits per heavy atom. The van der Waals surface area contributed by atoms with Crippen LogP contribution in [0, 0.1) is 5.82 Å². The average molecular weight is 433 g/mol. The van der Waals surface area contributed by atoms with E-state index in [-0.39, 0.29) is 12.3 Å². The van der Waals surface area contributed by atoms with Gasteiger partial charge in [-0.1, -0.05) is 48.5 Å². The Kier molecular flexibility index (Phi) is 4.49. The van der Waals surface area contributed by atoms with Crippen molar-refractivity contribution in [1.82, 2.24) is 14.6 Å². The normalized spacial score (nSPS) is 17.8. The number of hydrogen-bond acceptors (Lipinski definition) is 4. The number of rotatable bonds is 2. The first kappa shape index (κ1) is 20.1. The van der Waals surface area contributed by atoms with E-state index in [1.807, 2.05) is 73.4 Å². The summed E-state index contributed by atoms with van der Waals surface area (Å²) >= 11 is 0. The summed E-state index contributed by atoms with van der Waals surface area (Å²) in [6, 6.07) is 17.3. The van der Waals surface area contributed by atoms with E-state index in [0.717, 1.165) is 32.3 Å². The summed E-state index contributed by atoms with van der Waals surface area (Å²) in [6.45, 7) is 3.62. The number of amides is 1. The van der Waals surface area contributed by atoms with Gasteiger partial charge in [-0.25, -0.2) is 14.7 Å². The number of aromatic nitrogens is 2. The fourth-order valence-electron chi connectivity index (χ4n) is 4.30. The fourth-order valence-corrected chi connectivity index (χ4v) is 4.30. The van der Waals surface area contributed by atoms with Crippen molar-refractivity contribution >= 4 is 27.5 Å². The van der Waals surface area contributed by atoms with E-state index in [0.29, 0.717) is 5.56 Å². The molecule has 0 saturated carbocycles. The fraction of sp³-hybridized carbons (Fsp3) is 0.208. The summed E-state index contributed by atoms with van der Waals surface area (Å²) in [5.41, 5.74) is -2.21. The maximum absolute atomic E-state index is 13.9. The van der Waals surface area contributed by atoms with Crippen LogP contribution in [-0.4, -0.2) is 26.1 Å². The zero-order valence-corrected chi connectivity index (χ0v) is 17.5. The van der Waals surface area contributed by atoms with Crippen molar-refractivity contribution in [2.24, 2.45) is 0 Å². The van der Waals surface area contributed by atoms with E-state index in [4.69, 9.17) is 4.84 Å². The molecule has 1 N–H and O–H groups in total. The number of benzene rings is 3. The molecule has 3 aromatic carbocycles. The van der Waals surface area contributed by atoms with Gasteiger partial charge in [0.1, 0.15) is 0 Å². The molecule has 32 heavy (non-hydrogen) atoms. The quantitative estimate of drug-likeness (QED) is 0.488. The standard InChI is InChI=1S/C24H20FN3O4/c1-24(2)12-19(27-13-18(25)21(29)26-23(27)31)32-28(24)22(30)20-16-9-5-3-7-14(16)11-15-8-4-6-10-17(15)20/h3-11,13,19H,12H2,1-2H3,(H,26,29,31). The van der Waals surface area contributed by atoms with E-state index < -0.39 is 28.8 Å². The smallest absolute Gasteiger partial charge is 0.271 e. The molecular formula is C24H20FN3O4. The lowest BCUT2D eigenvalue weighted by atomic mass is 9.94. The minimum Gasteiger partial charge on any atom is -0.271 e. The summed E-state index contributed by atoms with van der Waals surface area (Å²) in [7, 11) is 0. The molecule has 1 fully saturated rings. The van der Waals surface area contributed by atoms with E-state index >= 15 is 0 Å². The van der Waals surface area contributed by atoms with Crippen LogP contribution in [0.2, 0.25) is 0 Å². The van der Waals surface area contributed by atoms with Crippen LogP contribution < -0.4 is 11.2 Å². The van der Waals surface area contributed by atoms with Gasteiger partial charge in [0, 0.05) is 6.42 Å². The molecular weight excluding hydrogens is 413 g/mol. The second-order valence-corrected chi connectivity index (χ2v) is 8.51. The van der Waals surface area contributed by atoms with Gasteiger partial charge in [0.15, 0.2) is 6.23 Å². The van der Waals surface area contributed by atoms with E-state index in [9.17, 15) is 18.8 Å². The number of H-pyrrole nitrogens is 1. The highest BCUT2D eigenvalue weighted by molar-refractivity contribution is 6.18. The number of nitrogens with zero attached hydrogens (tertiary/aromatic N) is 2. The maximum atomic E-state index is 13.9. The van der Waals surface area contributed by atoms with Crippen molar-refractivity contribution in [3.05, 3.63) is 93.0 Å². The molecule has 0 radical (unpaired) electrons. The molecule has 8 heteroatoms. The van der Waals surface area contributed by atoms with E-state index in [1.54, 1.807) is 0 Å². The summed E-state index contributed by atoms with van der Waals surface area (Å²) in [6.07, 6.45) is 0.0878. The summed E-state index contributed by atoms with van der Waals surface area (Å²) in [5.74, 6) is -1.46. The highest BCUT2D eigenvalue weighted by Gasteiger charge is 2.45. The molecule has 2 heterocycles. The van der Waals surface area contributed by atoms with E-state index in [2.05, 4.69) is 0 Å². The maximum Gasteiger partial charge on any atom is 0.330 e. The number of aromatic amines is 1. The largest absolute Gasteiger partial charge is 0.330 e. The predicted molar refractivity (Wildman–Crippen MR) is 118 cm³/mol. The number of carbonyl (C=O) groups is 1. The molecule has 1 amide bonds. The predicted octanol–water partition coefficient (Wildman–Crippen LogP) is 3.74. The van der Waals surface area contributed by atoms with E-state index in [1.165, 1.54) is 5.06 Å². The summed E-state index contributed by atoms with van der Waals surface area (Å²) in [4.78, 5) is 45.3. The molecule has 1 aromatic heterocycles. The molecule has 0 bridgehead atoms. The van der Waals surface area contributed by atoms with Gasteiger partial charge in [-0.3, -0.25) is 19.1 Å². The molecule has 5 rings (SSSR count). The van der Waals surface area contributed by atoms with Crippen LogP contribution in [0.5, 0.6) is 0 Å². The van der Waals surface area contributed by atoms with Gasteiger partial charge in [-0.05, 0) is 41.5 Å². The molecule has 1 atom stereocenters. The Morgan fingerprint density at radius 1 is 1.06 bits per heavy atom. The summed E-state index contributed by atoms with van der Waals surface area (Å²) < 4.78 is 14.8. The first-order chi connectivity index (χ1) is 15.3. The second kappa shape index (κ2) is 7.13. The Hall–Kier alpha value is -3.78. The van der Waals surface area contributed by atoms with Gasteiger partial charge in [-0.15, -0.1) is 0 Å². The Bertz CT molecular complexity index is 1450. The number of hydroxylamine groups is 2. The van der Waals surface area contributed by atoms with Crippen molar-refractivity contribution < 1.29 is 14.0 Å². The Balaban J connectivity index is 1.63. The van der Waals surface area contributed by atoms with Crippen LogP contribution in [0.4, 0.5) is 4.39 Å². The van der Waals surface area contributed by atoms with Gasteiger partial charge in [-0.2, -0.15) is 4.39 Å². The lowest BCUT2D eigenvalue weighted by Crippen LogP contribution is -2.42. The number of fused-ring (bicyclic) bond motifs is 2. The lowest BCUT2D eigenvalue weighted by Gasteiger charge is -2.29. The van der Waals surface area contributed by atoms with Crippen LogP contribution in [-0.2, 0) is 4.84 Å². The highest BCUT2D eigenvalue weighted by atomic mass is 19.1. The molecule has 1 aliphatic rings. The molecule has 1 saturated heterocycles. The van der Waals surface area contributed by atoms with Crippen molar-refractivity contribution in [3.63, 3.8) is 0 Å². The lowest BCUT2D eigenvalue weighted by molar-refractivity contribution is -0.163. The molecule has 0 spiro atoms. The molecule has 1 unspecified atom stereocenters.